The lowest BCUT2D eigenvalue weighted by Gasteiger charge is -2.19. The Balaban J connectivity index is 1.74. The van der Waals surface area contributed by atoms with Gasteiger partial charge in [-0.1, -0.05) is 30.2 Å². The highest BCUT2D eigenvalue weighted by Crippen LogP contribution is 2.15. The average molecular weight is 252 g/mol. The van der Waals surface area contributed by atoms with Crippen molar-refractivity contribution in [3.05, 3.63) is 53.6 Å². The molecule has 3 nitrogen and oxygen atoms in total. The Morgan fingerprint density at radius 1 is 1.16 bits per heavy atom. The number of nitrogens with zero attached hydrogens (tertiary/aromatic N) is 2. The van der Waals surface area contributed by atoms with Gasteiger partial charge in [0, 0.05) is 18.8 Å². The fourth-order valence-electron chi connectivity index (χ4n) is 2.69. The van der Waals surface area contributed by atoms with Crippen LogP contribution in [0.3, 0.4) is 0 Å². The van der Waals surface area contributed by atoms with Crippen LogP contribution < -0.4 is 5.46 Å². The summed E-state index contributed by atoms with van der Waals surface area (Å²) in [4.78, 5) is 8.47. The maximum Gasteiger partial charge on any atom is 0.323 e. The molecule has 1 N–H and O–H groups in total. The van der Waals surface area contributed by atoms with Gasteiger partial charge in [0.1, 0.15) is 5.82 Å². The molecule has 19 heavy (non-hydrogen) atoms. The molecule has 0 fully saturated rings. The molecule has 0 unspecified atom stereocenters. The Morgan fingerprint density at radius 2 is 2.00 bits per heavy atom. The van der Waals surface area contributed by atoms with Gasteiger partial charge in [0.2, 0.25) is 0 Å². The zero-order valence-corrected chi connectivity index (χ0v) is 10.9. The molecule has 0 spiro atoms. The Labute approximate surface area is 113 Å². The number of benzene rings is 1. The van der Waals surface area contributed by atoms with Crippen molar-refractivity contribution in [3.8, 4) is 0 Å². The summed E-state index contributed by atoms with van der Waals surface area (Å²) in [5.41, 5.74) is 3.68. The van der Waals surface area contributed by atoms with Crippen molar-refractivity contribution >= 4 is 12.4 Å². The maximum atomic E-state index is 10.0. The maximum absolute atomic E-state index is 10.0. The molecule has 1 aromatic carbocycles. The van der Waals surface area contributed by atoms with Crippen LogP contribution in [0.1, 0.15) is 23.4 Å². The van der Waals surface area contributed by atoms with E-state index >= 15 is 0 Å². The molecule has 1 aliphatic heterocycles. The number of rotatable bonds is 3. The summed E-state index contributed by atoms with van der Waals surface area (Å²) < 4.78 is 0. The molecule has 0 aliphatic carbocycles. The third kappa shape index (κ3) is 2.84. The van der Waals surface area contributed by atoms with Crippen LogP contribution in [0.5, 0.6) is 0 Å². The van der Waals surface area contributed by atoms with E-state index < -0.39 is 0 Å². The predicted molar refractivity (Wildman–Crippen MR) is 76.6 cm³/mol. The Bertz CT molecular complexity index is 559. The molecule has 1 aliphatic rings. The highest BCUT2D eigenvalue weighted by Gasteiger charge is 2.22. The highest BCUT2D eigenvalue weighted by atomic mass is 16.2. The SMILES string of the molecule is OB1CCCc2ccc(CCc3ncccn3)cc21. The van der Waals surface area contributed by atoms with Crippen molar-refractivity contribution in [1.82, 2.24) is 9.97 Å². The van der Waals surface area contributed by atoms with Crippen molar-refractivity contribution in [3.63, 3.8) is 0 Å². The predicted octanol–water partition coefficient (Wildman–Crippen LogP) is 1.40. The van der Waals surface area contributed by atoms with E-state index in [1.165, 1.54) is 11.1 Å². The van der Waals surface area contributed by atoms with Crippen LogP contribution in [-0.2, 0) is 19.3 Å². The van der Waals surface area contributed by atoms with Gasteiger partial charge in [0.15, 0.2) is 0 Å². The lowest BCUT2D eigenvalue weighted by atomic mass is 9.53. The van der Waals surface area contributed by atoms with Crippen LogP contribution >= 0.6 is 0 Å². The van der Waals surface area contributed by atoms with Gasteiger partial charge in [-0.15, -0.1) is 0 Å². The second-order valence-corrected chi connectivity index (χ2v) is 5.11. The number of fused-ring (bicyclic) bond motifs is 1. The first kappa shape index (κ1) is 12.4. The molecule has 0 saturated carbocycles. The molecular formula is C15H17BN2O. The van der Waals surface area contributed by atoms with E-state index in [1.54, 1.807) is 12.4 Å². The van der Waals surface area contributed by atoms with Gasteiger partial charge in [-0.05, 0) is 36.3 Å². The molecule has 0 bridgehead atoms. The van der Waals surface area contributed by atoms with E-state index in [1.807, 2.05) is 6.07 Å². The molecule has 0 amide bonds. The topological polar surface area (TPSA) is 46.0 Å². The van der Waals surface area contributed by atoms with Crippen LogP contribution in [0.15, 0.2) is 36.7 Å². The van der Waals surface area contributed by atoms with Crippen LogP contribution in [0.2, 0.25) is 6.32 Å². The van der Waals surface area contributed by atoms with Crippen LogP contribution in [-0.4, -0.2) is 21.9 Å². The summed E-state index contributed by atoms with van der Waals surface area (Å²) in [5, 5.41) is 10.0. The molecule has 0 atom stereocenters. The van der Waals surface area contributed by atoms with Gasteiger partial charge in [0.05, 0.1) is 0 Å². The minimum absolute atomic E-state index is 0.281. The highest BCUT2D eigenvalue weighted by molar-refractivity contribution is 6.67. The first-order chi connectivity index (χ1) is 9.33. The molecule has 3 rings (SSSR count). The zero-order valence-electron chi connectivity index (χ0n) is 10.9. The molecule has 0 saturated heterocycles. The normalized spacial score (nSPS) is 14.3. The van der Waals surface area contributed by atoms with Crippen molar-refractivity contribution in [2.45, 2.75) is 32.0 Å². The van der Waals surface area contributed by atoms with Crippen molar-refractivity contribution in [1.29, 1.82) is 0 Å². The lowest BCUT2D eigenvalue weighted by Crippen LogP contribution is -2.36. The number of hydrogen-bond acceptors (Lipinski definition) is 3. The fraction of sp³-hybridized carbons (Fsp3) is 0.333. The Morgan fingerprint density at radius 3 is 2.84 bits per heavy atom. The van der Waals surface area contributed by atoms with Crippen molar-refractivity contribution in [2.24, 2.45) is 0 Å². The second-order valence-electron chi connectivity index (χ2n) is 5.11. The minimum atomic E-state index is -0.281. The summed E-state index contributed by atoms with van der Waals surface area (Å²) in [6, 6.07) is 8.32. The van der Waals surface area contributed by atoms with E-state index in [2.05, 4.69) is 28.2 Å². The zero-order chi connectivity index (χ0) is 13.1. The number of aromatic nitrogens is 2. The van der Waals surface area contributed by atoms with Gasteiger partial charge >= 0.3 is 6.92 Å². The largest absolute Gasteiger partial charge is 0.446 e. The van der Waals surface area contributed by atoms with Crippen molar-refractivity contribution < 1.29 is 5.02 Å². The average Bonchev–Trinajstić information content (AvgIpc) is 2.47. The number of hydrogen-bond donors (Lipinski definition) is 1. The minimum Gasteiger partial charge on any atom is -0.446 e. The van der Waals surface area contributed by atoms with Gasteiger partial charge in [-0.3, -0.25) is 0 Å². The summed E-state index contributed by atoms with van der Waals surface area (Å²) in [5.74, 6) is 0.876. The molecule has 4 heteroatoms. The Hall–Kier alpha value is -1.68. The molecule has 2 heterocycles. The standard InChI is InChI=1S/C15H17BN2O/c19-16-8-1-3-13-6-4-12(11-14(13)16)5-7-15-17-9-2-10-18-15/h2,4,6,9-11,19H,1,3,5,7-8H2. The van der Waals surface area contributed by atoms with E-state index in [0.29, 0.717) is 0 Å². The second kappa shape index (κ2) is 5.53. The third-order valence-electron chi connectivity index (χ3n) is 3.75. The van der Waals surface area contributed by atoms with Gasteiger partial charge in [-0.2, -0.15) is 0 Å². The Kier molecular flexibility index (Phi) is 3.60. The van der Waals surface area contributed by atoms with Gasteiger partial charge < -0.3 is 5.02 Å². The lowest BCUT2D eigenvalue weighted by molar-refractivity contribution is 0.574. The van der Waals surface area contributed by atoms with E-state index in [4.69, 9.17) is 0 Å². The molecule has 1 aromatic heterocycles. The summed E-state index contributed by atoms with van der Waals surface area (Å²) in [6.07, 6.45) is 8.38. The smallest absolute Gasteiger partial charge is 0.323 e. The van der Waals surface area contributed by atoms with Gasteiger partial charge in [0.25, 0.3) is 0 Å². The van der Waals surface area contributed by atoms with E-state index in [9.17, 15) is 5.02 Å². The summed E-state index contributed by atoms with van der Waals surface area (Å²) >= 11 is 0. The molecular weight excluding hydrogens is 235 g/mol. The molecule has 96 valence electrons. The van der Waals surface area contributed by atoms with Crippen LogP contribution in [0, 0.1) is 0 Å². The quantitative estimate of drug-likeness (QED) is 0.840. The summed E-state index contributed by atoms with van der Waals surface area (Å²) in [7, 11) is 0. The first-order valence-corrected chi connectivity index (χ1v) is 6.88. The fourth-order valence-corrected chi connectivity index (χ4v) is 2.69. The molecule has 2 aromatic rings. The third-order valence-corrected chi connectivity index (χ3v) is 3.75. The first-order valence-electron chi connectivity index (χ1n) is 6.88. The summed E-state index contributed by atoms with van der Waals surface area (Å²) in [6.45, 7) is -0.281. The van der Waals surface area contributed by atoms with Crippen molar-refractivity contribution in [2.75, 3.05) is 0 Å². The van der Waals surface area contributed by atoms with Crippen LogP contribution in [0.4, 0.5) is 0 Å². The molecule has 0 radical (unpaired) electrons. The monoisotopic (exact) mass is 252 g/mol. The van der Waals surface area contributed by atoms with Gasteiger partial charge in [-0.25, -0.2) is 9.97 Å². The van der Waals surface area contributed by atoms with E-state index in [0.717, 1.165) is 43.3 Å². The van der Waals surface area contributed by atoms with Crippen LogP contribution in [0.25, 0.3) is 0 Å². The number of aryl methyl sites for hydroxylation is 3. The van der Waals surface area contributed by atoms with E-state index in [-0.39, 0.29) is 6.92 Å².